The Balaban J connectivity index is 1.64. The molecule has 0 aliphatic carbocycles. The van der Waals surface area contributed by atoms with Gasteiger partial charge in [0.05, 0.1) is 19.7 Å². The molecule has 29 heavy (non-hydrogen) atoms. The zero-order valence-corrected chi connectivity index (χ0v) is 18.5. The van der Waals surface area contributed by atoms with Crippen LogP contribution in [0, 0.1) is 11.8 Å². The molecule has 1 saturated heterocycles. The van der Waals surface area contributed by atoms with E-state index >= 15 is 0 Å². The number of thiophene rings is 1. The van der Waals surface area contributed by atoms with Gasteiger partial charge in [-0.2, -0.15) is 4.31 Å². The van der Waals surface area contributed by atoms with E-state index in [1.807, 2.05) is 13.8 Å². The molecule has 1 aromatic heterocycles. The molecule has 0 saturated carbocycles. The van der Waals surface area contributed by atoms with Gasteiger partial charge in [0.15, 0.2) is 6.61 Å². The molecule has 0 spiro atoms. The van der Waals surface area contributed by atoms with Crippen molar-refractivity contribution in [3.05, 3.63) is 51.2 Å². The predicted molar refractivity (Wildman–Crippen MR) is 112 cm³/mol. The molecule has 6 nitrogen and oxygen atoms in total. The second-order valence-electron chi connectivity index (χ2n) is 7.40. The maximum Gasteiger partial charge on any atom is 0.338 e. The number of carbonyl (C=O) groups is 2. The number of benzene rings is 1. The molecule has 156 valence electrons. The van der Waals surface area contributed by atoms with Gasteiger partial charge in [-0.25, -0.2) is 13.2 Å². The van der Waals surface area contributed by atoms with Gasteiger partial charge in [-0.1, -0.05) is 25.4 Å². The average molecular weight is 456 g/mol. The first-order chi connectivity index (χ1) is 13.7. The van der Waals surface area contributed by atoms with E-state index in [0.29, 0.717) is 34.1 Å². The summed E-state index contributed by atoms with van der Waals surface area (Å²) in [6, 6.07) is 8.78. The maximum absolute atomic E-state index is 12.9. The van der Waals surface area contributed by atoms with Gasteiger partial charge in [0, 0.05) is 13.1 Å². The van der Waals surface area contributed by atoms with Gasteiger partial charge >= 0.3 is 5.97 Å². The van der Waals surface area contributed by atoms with E-state index in [1.54, 1.807) is 12.1 Å². The van der Waals surface area contributed by atoms with E-state index in [9.17, 15) is 18.0 Å². The van der Waals surface area contributed by atoms with Crippen LogP contribution in [0.2, 0.25) is 4.34 Å². The lowest BCUT2D eigenvalue weighted by Gasteiger charge is -2.34. The molecule has 2 unspecified atom stereocenters. The Morgan fingerprint density at radius 1 is 1.10 bits per heavy atom. The number of Topliss-reactive ketones (excluding diaryl/α,β-unsaturated/α-hetero) is 1. The van der Waals surface area contributed by atoms with Crippen LogP contribution >= 0.6 is 22.9 Å². The minimum Gasteiger partial charge on any atom is -0.454 e. The first-order valence-electron chi connectivity index (χ1n) is 9.22. The van der Waals surface area contributed by atoms with E-state index in [2.05, 4.69) is 0 Å². The van der Waals surface area contributed by atoms with Crippen LogP contribution in [-0.2, 0) is 14.8 Å². The van der Waals surface area contributed by atoms with Crippen molar-refractivity contribution in [2.45, 2.75) is 25.2 Å². The Bertz CT molecular complexity index is 990. The minimum atomic E-state index is -3.61. The van der Waals surface area contributed by atoms with E-state index in [0.717, 1.165) is 17.8 Å². The molecule has 1 fully saturated rings. The first-order valence-corrected chi connectivity index (χ1v) is 11.9. The molecule has 3 rings (SSSR count). The third-order valence-electron chi connectivity index (χ3n) is 4.75. The van der Waals surface area contributed by atoms with Gasteiger partial charge in [-0.15, -0.1) is 11.3 Å². The number of nitrogens with zero attached hydrogens (tertiary/aromatic N) is 1. The van der Waals surface area contributed by atoms with Crippen molar-refractivity contribution in [3.63, 3.8) is 0 Å². The molecule has 0 bridgehead atoms. The van der Waals surface area contributed by atoms with Crippen molar-refractivity contribution in [1.29, 1.82) is 0 Å². The second kappa shape index (κ2) is 8.95. The topological polar surface area (TPSA) is 80.8 Å². The lowest BCUT2D eigenvalue weighted by Crippen LogP contribution is -2.42. The monoisotopic (exact) mass is 455 g/mol. The summed E-state index contributed by atoms with van der Waals surface area (Å²) in [4.78, 5) is 24.7. The van der Waals surface area contributed by atoms with Gasteiger partial charge in [-0.3, -0.25) is 4.79 Å². The zero-order chi connectivity index (χ0) is 21.2. The molecule has 0 amide bonds. The van der Waals surface area contributed by atoms with Crippen LogP contribution in [0.5, 0.6) is 0 Å². The highest BCUT2D eigenvalue weighted by atomic mass is 35.5. The largest absolute Gasteiger partial charge is 0.454 e. The molecule has 2 aromatic rings. The summed E-state index contributed by atoms with van der Waals surface area (Å²) < 4.78 is 32.8. The Morgan fingerprint density at radius 3 is 2.28 bits per heavy atom. The Morgan fingerprint density at radius 2 is 1.72 bits per heavy atom. The number of hydrogen-bond acceptors (Lipinski definition) is 6. The van der Waals surface area contributed by atoms with Gasteiger partial charge in [-0.05, 0) is 54.7 Å². The molecule has 0 radical (unpaired) electrons. The van der Waals surface area contributed by atoms with Crippen molar-refractivity contribution in [1.82, 2.24) is 4.31 Å². The molecular weight excluding hydrogens is 434 g/mol. The fraction of sp³-hybridized carbons (Fsp3) is 0.400. The van der Waals surface area contributed by atoms with Crippen LogP contribution in [0.1, 0.15) is 40.3 Å². The van der Waals surface area contributed by atoms with Crippen LogP contribution in [0.3, 0.4) is 0 Å². The van der Waals surface area contributed by atoms with Crippen LogP contribution in [0.4, 0.5) is 0 Å². The van der Waals surface area contributed by atoms with Gasteiger partial charge in [0.2, 0.25) is 15.8 Å². The van der Waals surface area contributed by atoms with Crippen LogP contribution in [0.25, 0.3) is 0 Å². The Labute approximate surface area is 179 Å². The molecule has 2 heterocycles. The number of piperidine rings is 1. The summed E-state index contributed by atoms with van der Waals surface area (Å²) in [5, 5.41) is 0. The highest BCUT2D eigenvalue weighted by Gasteiger charge is 2.31. The SMILES string of the molecule is CC1CC(C)CN(S(=O)(=O)c2ccc(C(=O)OCC(=O)c3ccc(Cl)s3)cc2)C1. The number of ketones is 1. The van der Waals surface area contributed by atoms with Crippen LogP contribution in [-0.4, -0.2) is 44.2 Å². The van der Waals surface area contributed by atoms with Gasteiger partial charge < -0.3 is 4.74 Å². The van der Waals surface area contributed by atoms with Crippen molar-refractivity contribution >= 4 is 44.7 Å². The Kier molecular flexibility index (Phi) is 6.78. The van der Waals surface area contributed by atoms with Crippen molar-refractivity contribution in [2.75, 3.05) is 19.7 Å². The number of carbonyl (C=O) groups excluding carboxylic acids is 2. The standard InChI is InChI=1S/C20H22ClNO5S2/c1-13-9-14(2)11-22(10-13)29(25,26)16-5-3-15(4-6-16)20(24)27-12-17(23)18-7-8-19(21)28-18/h3-8,13-14H,9-12H2,1-2H3. The van der Waals surface area contributed by atoms with Gasteiger partial charge in [0.25, 0.3) is 0 Å². The fourth-order valence-corrected chi connectivity index (χ4v) is 6.11. The molecule has 0 N–H and O–H groups in total. The lowest BCUT2D eigenvalue weighted by molar-refractivity contribution is 0.0475. The average Bonchev–Trinajstić information content (AvgIpc) is 3.11. The fourth-order valence-electron chi connectivity index (χ4n) is 3.46. The van der Waals surface area contributed by atoms with Crippen LogP contribution < -0.4 is 0 Å². The number of esters is 1. The predicted octanol–water partition coefficient (Wildman–Crippen LogP) is 4.11. The molecule has 1 aromatic carbocycles. The van der Waals surface area contributed by atoms with E-state index in [-0.39, 0.29) is 16.2 Å². The summed E-state index contributed by atoms with van der Waals surface area (Å²) in [5.41, 5.74) is 0.182. The third kappa shape index (κ3) is 5.25. The minimum absolute atomic E-state index is 0.139. The molecule has 2 atom stereocenters. The maximum atomic E-state index is 12.9. The zero-order valence-electron chi connectivity index (χ0n) is 16.1. The van der Waals surface area contributed by atoms with Gasteiger partial charge in [0.1, 0.15) is 0 Å². The van der Waals surface area contributed by atoms with Crippen LogP contribution in [0.15, 0.2) is 41.3 Å². The first kappa shape index (κ1) is 22.0. The van der Waals surface area contributed by atoms with E-state index in [1.165, 1.54) is 28.6 Å². The highest BCUT2D eigenvalue weighted by molar-refractivity contribution is 7.89. The number of hydrogen-bond donors (Lipinski definition) is 0. The highest BCUT2D eigenvalue weighted by Crippen LogP contribution is 2.27. The van der Waals surface area contributed by atoms with E-state index < -0.39 is 22.6 Å². The molecule has 9 heteroatoms. The molecule has 1 aliphatic rings. The summed E-state index contributed by atoms with van der Waals surface area (Å²) in [5.74, 6) is -0.426. The second-order valence-corrected chi connectivity index (χ2v) is 11.0. The van der Waals surface area contributed by atoms with Crippen molar-refractivity contribution in [2.24, 2.45) is 11.8 Å². The quantitative estimate of drug-likeness (QED) is 0.483. The molecular formula is C20H22ClNO5S2. The lowest BCUT2D eigenvalue weighted by atomic mass is 9.94. The normalized spacial score (nSPS) is 20.4. The number of halogens is 1. The third-order valence-corrected chi connectivity index (χ3v) is 7.86. The summed E-state index contributed by atoms with van der Waals surface area (Å²) >= 11 is 6.91. The summed E-state index contributed by atoms with van der Waals surface area (Å²) in [6.07, 6.45) is 1.01. The summed E-state index contributed by atoms with van der Waals surface area (Å²) in [6.45, 7) is 4.67. The number of rotatable bonds is 6. The summed E-state index contributed by atoms with van der Waals surface area (Å²) in [7, 11) is -3.61. The number of sulfonamides is 1. The molecule has 1 aliphatic heterocycles. The van der Waals surface area contributed by atoms with Crippen molar-refractivity contribution in [3.8, 4) is 0 Å². The Hall–Kier alpha value is -1.74. The number of ether oxygens (including phenoxy) is 1. The van der Waals surface area contributed by atoms with E-state index in [4.69, 9.17) is 16.3 Å². The van der Waals surface area contributed by atoms with Crippen molar-refractivity contribution < 1.29 is 22.7 Å². The smallest absolute Gasteiger partial charge is 0.338 e.